The van der Waals surface area contributed by atoms with Gasteiger partial charge in [0.1, 0.15) is 30.9 Å². The molecule has 26 heteroatoms. The summed E-state index contributed by atoms with van der Waals surface area (Å²) in [6.07, 6.45) is 14.4. The standard InChI is InChI=1S/C34H25BF10N8O.2C10H8N2.ClH.Ru/c36-25-23(21(17-5-1-9-46-17)18-6-2-10-47-18)26(37)30(41)33(29(25)40)48-15-51-13-16(49-50-51)14-54-34-31(42)27(38)24(28(39)32(34)43)22-19-7-3-11-52(19)35(44,45)53-12-4-8-20(22)53;2*1-3-7-11-9(5-1)10-6-2-4-8-12-10;;/h3-4,7-8,11-13,17,48H,1-2,5-6,9-10,14-15H2;2*1-8H;1H;/q-2;;;;+2. The molecule has 2 fully saturated rings. The number of allylic oxidation sites excluding steroid dienone is 3. The molecule has 1 unspecified atom stereocenters. The first-order valence-electron chi connectivity index (χ1n) is 24.3. The summed E-state index contributed by atoms with van der Waals surface area (Å²) in [5.74, 6) is -15.9. The van der Waals surface area contributed by atoms with Crippen LogP contribution in [0.2, 0.25) is 0 Å². The van der Waals surface area contributed by atoms with Gasteiger partial charge in [0.05, 0.1) is 45.7 Å². The van der Waals surface area contributed by atoms with Gasteiger partial charge in [-0.05, 0) is 66.9 Å². The van der Waals surface area contributed by atoms with E-state index in [2.05, 4.69) is 46.2 Å². The van der Waals surface area contributed by atoms with Crippen molar-refractivity contribution in [3.63, 3.8) is 0 Å². The molecule has 4 aliphatic heterocycles. The number of nitrogens with zero attached hydrogens (tertiary/aromatic N) is 11. The maximum absolute atomic E-state index is 15.6. The first-order chi connectivity index (χ1) is 37.8. The number of ether oxygens (including phenoxy) is 1. The average Bonchev–Trinajstić information content (AvgIpc) is 4.40. The monoisotopic (exact) mass is 1210 g/mol. The van der Waals surface area contributed by atoms with Crippen molar-refractivity contribution in [1.29, 1.82) is 0 Å². The average molecular weight is 1210 g/mol. The molecule has 80 heavy (non-hydrogen) atoms. The van der Waals surface area contributed by atoms with Gasteiger partial charge in [0, 0.05) is 42.6 Å². The van der Waals surface area contributed by atoms with E-state index in [1.54, 1.807) is 24.8 Å². The molecule has 0 radical (unpaired) electrons. The van der Waals surface area contributed by atoms with Crippen molar-refractivity contribution in [2.24, 2.45) is 0 Å². The van der Waals surface area contributed by atoms with E-state index in [-0.39, 0.29) is 54.5 Å². The molecule has 1 N–H and O–H groups in total. The van der Waals surface area contributed by atoms with Gasteiger partial charge >= 0.3 is 26.4 Å². The molecule has 0 spiro atoms. The first kappa shape index (κ1) is 58.1. The van der Waals surface area contributed by atoms with Gasteiger partial charge in [0.15, 0.2) is 46.3 Å². The van der Waals surface area contributed by atoms with Crippen LogP contribution in [0.1, 0.15) is 48.2 Å². The molecule has 0 bridgehead atoms. The van der Waals surface area contributed by atoms with Crippen LogP contribution in [0.15, 0.2) is 146 Å². The van der Waals surface area contributed by atoms with E-state index in [0.717, 1.165) is 58.2 Å². The fourth-order valence-electron chi connectivity index (χ4n) is 9.22. The molecular formula is C54H42BClF10N12ORu. The predicted molar refractivity (Wildman–Crippen MR) is 278 cm³/mol. The second-order valence-corrected chi connectivity index (χ2v) is 17.7. The van der Waals surface area contributed by atoms with E-state index in [0.29, 0.717) is 53.4 Å². The number of fused-ring (bicyclic) bond motifs is 2. The molecule has 10 heterocycles. The smallest absolute Gasteiger partial charge is 0.688 e. The number of hydrogen-bond acceptors (Lipinski definition) is 8. The van der Waals surface area contributed by atoms with Crippen LogP contribution in [-0.4, -0.2) is 76.2 Å². The van der Waals surface area contributed by atoms with Crippen molar-refractivity contribution >= 4 is 42.4 Å². The molecule has 13 nitrogen and oxygen atoms in total. The third-order valence-corrected chi connectivity index (χ3v) is 12.8. The Balaban J connectivity index is 0.000000264. The molecule has 6 aromatic heterocycles. The summed E-state index contributed by atoms with van der Waals surface area (Å²) >= 11 is 0. The summed E-state index contributed by atoms with van der Waals surface area (Å²) in [6, 6.07) is 24.8. The maximum Gasteiger partial charge on any atom is 2.00 e. The SMILES string of the molecule is Cl.Fc1c(F)c(C(=C2CCC[N-]2)C2CCC[N-]2)c(F)c(F)c1NCn1cc(COc2c(F)c(F)c(C3=C4C=CC=[N+]4[B-](F)(F)n4cccc43)c(F)c2F)nn1.[Ru+2].c1ccc(-c2ccccn2)nc1.c1ccc(-c2ccccn2)nc1. The summed E-state index contributed by atoms with van der Waals surface area (Å²) in [6.45, 7) is -5.09. The third-order valence-electron chi connectivity index (χ3n) is 12.8. The molecule has 1 atom stereocenters. The summed E-state index contributed by atoms with van der Waals surface area (Å²) in [5.41, 5.74) is -0.712. The Bertz CT molecular complexity index is 3410. The van der Waals surface area contributed by atoms with Gasteiger partial charge in [0.2, 0.25) is 11.6 Å². The van der Waals surface area contributed by atoms with E-state index in [1.807, 2.05) is 72.8 Å². The van der Waals surface area contributed by atoms with E-state index >= 15 is 43.8 Å². The number of halogens is 11. The van der Waals surface area contributed by atoms with Gasteiger partial charge in [0.25, 0.3) is 0 Å². The van der Waals surface area contributed by atoms with E-state index in [1.165, 1.54) is 12.1 Å². The van der Waals surface area contributed by atoms with Crippen LogP contribution < -0.4 is 10.1 Å². The molecular weight excluding hydrogens is 1170 g/mol. The van der Waals surface area contributed by atoms with Gasteiger partial charge in [-0.3, -0.25) is 19.9 Å². The minimum Gasteiger partial charge on any atom is -0.688 e. The number of hydrogen-bond donors (Lipinski definition) is 1. The number of anilines is 1. The zero-order valence-electron chi connectivity index (χ0n) is 41.5. The van der Waals surface area contributed by atoms with Gasteiger partial charge in [-0.1, -0.05) is 60.7 Å². The van der Waals surface area contributed by atoms with Gasteiger partial charge in [-0.2, -0.15) is 14.5 Å². The number of nitrogens with one attached hydrogen (secondary N) is 1. The Labute approximate surface area is 469 Å². The number of aromatic nitrogens is 8. The zero-order valence-corrected chi connectivity index (χ0v) is 44.0. The van der Waals surface area contributed by atoms with Crippen molar-refractivity contribution in [2.45, 2.75) is 45.0 Å². The normalized spacial score (nSPS) is 16.1. The topological polar surface area (TPSA) is 140 Å². The quantitative estimate of drug-likeness (QED) is 0.0767. The second-order valence-electron chi connectivity index (χ2n) is 17.7. The van der Waals surface area contributed by atoms with Crippen LogP contribution in [0.25, 0.3) is 44.6 Å². The van der Waals surface area contributed by atoms with Crippen molar-refractivity contribution in [3.8, 4) is 28.5 Å². The molecule has 0 saturated carbocycles. The van der Waals surface area contributed by atoms with Crippen LogP contribution in [-0.2, 0) is 32.8 Å². The second kappa shape index (κ2) is 25.4. The Morgan fingerprint density at radius 2 is 1.27 bits per heavy atom. The molecule has 2 saturated heterocycles. The van der Waals surface area contributed by atoms with Crippen molar-refractivity contribution < 1.29 is 72.5 Å². The maximum atomic E-state index is 15.6. The van der Waals surface area contributed by atoms with E-state index in [4.69, 9.17) is 4.74 Å². The molecule has 4 aliphatic rings. The summed E-state index contributed by atoms with van der Waals surface area (Å²) < 4.78 is 161. The van der Waals surface area contributed by atoms with Crippen LogP contribution in [0.3, 0.4) is 0 Å². The van der Waals surface area contributed by atoms with Crippen LogP contribution in [0, 0.1) is 46.5 Å². The number of rotatable bonds is 11. The summed E-state index contributed by atoms with van der Waals surface area (Å²) in [5, 5.41) is 18.2. The number of benzene rings is 2. The Kier molecular flexibility index (Phi) is 18.5. The molecule has 12 rings (SSSR count). The van der Waals surface area contributed by atoms with Crippen molar-refractivity contribution in [1.82, 2.24) is 39.4 Å². The third kappa shape index (κ3) is 11.7. The van der Waals surface area contributed by atoms with Crippen LogP contribution in [0.4, 0.5) is 49.4 Å². The fraction of sp³-hybridized carbons (Fsp3) is 0.167. The van der Waals surface area contributed by atoms with Gasteiger partial charge in [-0.15, -0.1) is 36.6 Å². The molecule has 2 aromatic carbocycles. The Hall–Kier alpha value is -8.01. The fourth-order valence-corrected chi connectivity index (χ4v) is 9.22. The van der Waals surface area contributed by atoms with Crippen LogP contribution in [0.5, 0.6) is 5.75 Å². The summed E-state index contributed by atoms with van der Waals surface area (Å²) in [4.78, 5) is 16.7. The predicted octanol–water partition coefficient (Wildman–Crippen LogP) is 12.6. The van der Waals surface area contributed by atoms with Crippen molar-refractivity contribution in [3.05, 3.63) is 225 Å². The summed E-state index contributed by atoms with van der Waals surface area (Å²) in [7, 11) is 0. The Morgan fingerprint density at radius 3 is 1.77 bits per heavy atom. The van der Waals surface area contributed by atoms with Crippen molar-refractivity contribution in [2.75, 3.05) is 18.4 Å². The molecule has 0 amide bonds. The van der Waals surface area contributed by atoms with E-state index < -0.39 is 101 Å². The number of pyridine rings is 4. The largest absolute Gasteiger partial charge is 2.00 e. The Morgan fingerprint density at radius 1 is 0.700 bits per heavy atom. The van der Waals surface area contributed by atoms with Gasteiger partial charge in [-0.25, -0.2) is 31.0 Å². The van der Waals surface area contributed by atoms with Gasteiger partial charge < -0.3 is 38.3 Å². The minimum atomic E-state index is -4.47. The molecule has 0 aliphatic carbocycles. The zero-order chi connectivity index (χ0) is 54.5. The molecule has 412 valence electrons. The van der Waals surface area contributed by atoms with Crippen LogP contribution >= 0.6 is 12.4 Å². The minimum absolute atomic E-state index is 0. The van der Waals surface area contributed by atoms with E-state index in [9.17, 15) is 0 Å². The first-order valence-corrected chi connectivity index (χ1v) is 24.3. The molecule has 8 aromatic rings.